The van der Waals surface area contributed by atoms with E-state index in [1.165, 1.54) is 0 Å². The Morgan fingerprint density at radius 2 is 1.61 bits per heavy atom. The van der Waals surface area contributed by atoms with Crippen LogP contribution in [0, 0.1) is 5.92 Å². The zero-order valence-corrected chi connectivity index (χ0v) is 21.4. The Hall–Kier alpha value is -3.33. The van der Waals surface area contributed by atoms with E-state index in [-0.39, 0.29) is 19.4 Å². The van der Waals surface area contributed by atoms with Crippen molar-refractivity contribution in [2.24, 2.45) is 5.92 Å². The molecule has 0 saturated carbocycles. The molecule has 0 bridgehead atoms. The number of hydrogen-bond acceptors (Lipinski definition) is 9. The Balaban J connectivity index is 1.77. The largest absolute Gasteiger partial charge is 0.493 e. The molecule has 3 aliphatic rings. The maximum atomic E-state index is 13.8. The number of carbonyl (C=O) groups is 1. The Labute approximate surface area is 211 Å². The van der Waals surface area contributed by atoms with Gasteiger partial charge in [0, 0.05) is 30.6 Å². The van der Waals surface area contributed by atoms with Gasteiger partial charge in [-0.2, -0.15) is 0 Å². The summed E-state index contributed by atoms with van der Waals surface area (Å²) in [5.41, 5.74) is 0.675. The molecule has 0 N–H and O–H groups in total. The highest BCUT2D eigenvalue weighted by atomic mass is 16.7. The fraction of sp³-hybridized carbons (Fsp3) is 0.519. The molecule has 2 aromatic rings. The third-order valence-corrected chi connectivity index (χ3v) is 7.39. The molecule has 1 fully saturated rings. The number of benzene rings is 2. The van der Waals surface area contributed by atoms with Gasteiger partial charge < -0.3 is 33.2 Å². The molecule has 0 amide bonds. The molecule has 9 nitrogen and oxygen atoms in total. The number of methoxy groups -OCH3 is 3. The Bertz CT molecular complexity index is 1120. The average molecular weight is 500 g/mol. The minimum atomic E-state index is -0.950. The predicted octanol–water partition coefficient (Wildman–Crippen LogP) is 3.96. The monoisotopic (exact) mass is 499 g/mol. The molecule has 2 aromatic carbocycles. The van der Waals surface area contributed by atoms with E-state index in [0.29, 0.717) is 34.5 Å². The number of hydrogen-bond donors (Lipinski definition) is 0. The minimum absolute atomic E-state index is 0.137. The summed E-state index contributed by atoms with van der Waals surface area (Å²) in [6, 6.07) is 7.55. The molecule has 3 aliphatic heterocycles. The molecule has 0 unspecified atom stereocenters. The molecule has 9 heteroatoms. The third kappa shape index (κ3) is 3.86. The summed E-state index contributed by atoms with van der Waals surface area (Å²) >= 11 is 0. The van der Waals surface area contributed by atoms with E-state index in [4.69, 9.17) is 33.2 Å². The van der Waals surface area contributed by atoms with Gasteiger partial charge in [0.15, 0.2) is 28.7 Å². The number of fused-ring (bicyclic) bond motifs is 2. The van der Waals surface area contributed by atoms with Crippen molar-refractivity contribution >= 4 is 5.97 Å². The quantitative estimate of drug-likeness (QED) is 0.526. The maximum Gasteiger partial charge on any atom is 0.315 e. The summed E-state index contributed by atoms with van der Waals surface area (Å²) < 4.78 is 40.6. The van der Waals surface area contributed by atoms with E-state index in [2.05, 4.69) is 4.90 Å². The van der Waals surface area contributed by atoms with Crippen LogP contribution < -0.4 is 28.4 Å². The Morgan fingerprint density at radius 1 is 0.972 bits per heavy atom. The fourth-order valence-electron chi connectivity index (χ4n) is 5.71. The summed E-state index contributed by atoms with van der Waals surface area (Å²) in [6.07, 6.45) is 2.08. The van der Waals surface area contributed by atoms with Crippen molar-refractivity contribution in [3.05, 3.63) is 35.4 Å². The summed E-state index contributed by atoms with van der Waals surface area (Å²) in [4.78, 5) is 16.0. The van der Waals surface area contributed by atoms with E-state index in [9.17, 15) is 4.79 Å². The highest BCUT2D eigenvalue weighted by Crippen LogP contribution is 2.55. The first-order chi connectivity index (χ1) is 17.4. The highest BCUT2D eigenvalue weighted by molar-refractivity contribution is 5.78. The second-order valence-electron chi connectivity index (χ2n) is 9.26. The van der Waals surface area contributed by atoms with Crippen molar-refractivity contribution in [1.82, 2.24) is 4.90 Å². The molecule has 0 aromatic heterocycles. The van der Waals surface area contributed by atoms with Crippen LogP contribution in [0.2, 0.25) is 0 Å². The molecule has 5 rings (SSSR count). The van der Waals surface area contributed by atoms with Crippen molar-refractivity contribution in [2.75, 3.05) is 47.8 Å². The Morgan fingerprint density at radius 3 is 2.19 bits per heavy atom. The zero-order chi connectivity index (χ0) is 25.4. The van der Waals surface area contributed by atoms with E-state index >= 15 is 0 Å². The average Bonchev–Trinajstić information content (AvgIpc) is 3.58. The van der Waals surface area contributed by atoms with Gasteiger partial charge in [-0.3, -0.25) is 9.69 Å². The fourth-order valence-corrected chi connectivity index (χ4v) is 5.71. The van der Waals surface area contributed by atoms with Crippen LogP contribution in [0.5, 0.6) is 34.5 Å². The van der Waals surface area contributed by atoms with E-state index in [0.717, 1.165) is 37.1 Å². The number of esters is 1. The Kier molecular flexibility index (Phi) is 6.51. The lowest BCUT2D eigenvalue weighted by molar-refractivity contribution is -0.174. The normalized spacial score (nSPS) is 24.6. The van der Waals surface area contributed by atoms with Crippen molar-refractivity contribution in [3.8, 4) is 34.5 Å². The van der Waals surface area contributed by atoms with Gasteiger partial charge in [-0.25, -0.2) is 0 Å². The first kappa shape index (κ1) is 24.4. The summed E-state index contributed by atoms with van der Waals surface area (Å²) in [5, 5.41) is 0. The number of carbonyl (C=O) groups excluding carboxylic acids is 1. The van der Waals surface area contributed by atoms with Crippen LogP contribution >= 0.6 is 0 Å². The van der Waals surface area contributed by atoms with Crippen molar-refractivity contribution < 1.29 is 38.0 Å². The first-order valence-corrected chi connectivity index (χ1v) is 12.3. The van der Waals surface area contributed by atoms with Crippen molar-refractivity contribution in [2.45, 2.75) is 38.3 Å². The molecule has 0 spiro atoms. The van der Waals surface area contributed by atoms with Gasteiger partial charge in [0.05, 0.1) is 27.9 Å². The lowest BCUT2D eigenvalue weighted by Crippen LogP contribution is -2.61. The summed E-state index contributed by atoms with van der Waals surface area (Å²) in [5.74, 6) is 1.93. The lowest BCUT2D eigenvalue weighted by Gasteiger charge is -2.49. The minimum Gasteiger partial charge on any atom is -0.493 e. The van der Waals surface area contributed by atoms with Crippen LogP contribution in [-0.2, 0) is 9.53 Å². The number of ether oxygens (including phenoxy) is 7. The second kappa shape index (κ2) is 9.61. The SMILES string of the molecule is CCOC(=O)[C@@H]1[C@H](c2cc(OC)c(OC)c(OC)c2)c2cc3c(cc2O[C@@]1(C)N1CCCC1)OCO3. The number of nitrogens with zero attached hydrogens (tertiary/aromatic N) is 1. The van der Waals surface area contributed by atoms with Gasteiger partial charge in [0.25, 0.3) is 0 Å². The van der Waals surface area contributed by atoms with Crippen LogP contribution in [0.25, 0.3) is 0 Å². The van der Waals surface area contributed by atoms with Crippen LogP contribution in [0.3, 0.4) is 0 Å². The molecule has 0 aliphatic carbocycles. The first-order valence-electron chi connectivity index (χ1n) is 12.3. The zero-order valence-electron chi connectivity index (χ0n) is 21.4. The maximum absolute atomic E-state index is 13.8. The molecule has 1 saturated heterocycles. The van der Waals surface area contributed by atoms with Gasteiger partial charge in [-0.05, 0) is 50.5 Å². The smallest absolute Gasteiger partial charge is 0.315 e. The second-order valence-corrected chi connectivity index (χ2v) is 9.26. The van der Waals surface area contributed by atoms with Gasteiger partial charge in [-0.15, -0.1) is 0 Å². The standard InChI is InChI=1S/C27H33NO8/c1-6-33-26(29)24-23(16-11-21(30-3)25(32-5)22(12-16)31-4)17-13-19-20(35-15-34-19)14-18(17)36-27(24,2)28-9-7-8-10-28/h11-14,23-24H,6-10,15H2,1-5H3/t23-,24+,27-/m1/s1. The van der Waals surface area contributed by atoms with E-state index in [1.807, 2.05) is 38.1 Å². The summed E-state index contributed by atoms with van der Waals surface area (Å²) in [6.45, 7) is 5.86. The van der Waals surface area contributed by atoms with Crippen LogP contribution in [0.4, 0.5) is 0 Å². The van der Waals surface area contributed by atoms with Gasteiger partial charge in [-0.1, -0.05) is 0 Å². The van der Waals surface area contributed by atoms with Crippen LogP contribution in [-0.4, -0.2) is 64.4 Å². The summed E-state index contributed by atoms with van der Waals surface area (Å²) in [7, 11) is 4.72. The molecule has 194 valence electrons. The third-order valence-electron chi connectivity index (χ3n) is 7.39. The van der Waals surface area contributed by atoms with Crippen molar-refractivity contribution in [1.29, 1.82) is 0 Å². The number of rotatable bonds is 7. The van der Waals surface area contributed by atoms with E-state index < -0.39 is 17.6 Å². The van der Waals surface area contributed by atoms with Crippen LogP contribution in [0.15, 0.2) is 24.3 Å². The van der Waals surface area contributed by atoms with Gasteiger partial charge in [0.2, 0.25) is 12.5 Å². The van der Waals surface area contributed by atoms with Crippen LogP contribution in [0.1, 0.15) is 43.7 Å². The lowest BCUT2D eigenvalue weighted by atomic mass is 9.72. The topological polar surface area (TPSA) is 84.9 Å². The molecule has 0 radical (unpaired) electrons. The van der Waals surface area contributed by atoms with Crippen molar-refractivity contribution in [3.63, 3.8) is 0 Å². The molecular formula is C27H33NO8. The molecular weight excluding hydrogens is 466 g/mol. The molecule has 36 heavy (non-hydrogen) atoms. The predicted molar refractivity (Wildman–Crippen MR) is 130 cm³/mol. The molecule has 3 atom stereocenters. The van der Waals surface area contributed by atoms with Gasteiger partial charge in [0.1, 0.15) is 11.7 Å². The molecule has 3 heterocycles. The number of likely N-dealkylation sites (tertiary alicyclic amines) is 1. The van der Waals surface area contributed by atoms with Gasteiger partial charge >= 0.3 is 5.97 Å². The highest BCUT2D eigenvalue weighted by Gasteiger charge is 2.56. The van der Waals surface area contributed by atoms with E-state index in [1.54, 1.807) is 21.3 Å².